The van der Waals surface area contributed by atoms with E-state index in [-0.39, 0.29) is 11.3 Å². The zero-order valence-corrected chi connectivity index (χ0v) is 12.0. The molecule has 0 spiro atoms. The molecule has 1 N–H and O–H groups in total. The summed E-state index contributed by atoms with van der Waals surface area (Å²) in [5, 5.41) is 2.76. The largest absolute Gasteiger partial charge is 0.383 e. The van der Waals surface area contributed by atoms with Crippen LogP contribution in [0, 0.1) is 0 Å². The molecule has 1 rings (SSSR count). The predicted molar refractivity (Wildman–Crippen MR) is 70.5 cm³/mol. The van der Waals surface area contributed by atoms with Crippen molar-refractivity contribution in [2.75, 3.05) is 20.3 Å². The fourth-order valence-corrected chi connectivity index (χ4v) is 2.67. The van der Waals surface area contributed by atoms with Crippen LogP contribution < -0.4 is 5.32 Å². The van der Waals surface area contributed by atoms with E-state index in [1.54, 1.807) is 13.2 Å². The quantitative estimate of drug-likeness (QED) is 0.816. The minimum Gasteiger partial charge on any atom is -0.383 e. The lowest BCUT2D eigenvalue weighted by molar-refractivity contribution is 0.0956. The molecule has 3 nitrogen and oxygen atoms in total. The summed E-state index contributed by atoms with van der Waals surface area (Å²) in [5.74, 6) is -0.0583. The third kappa shape index (κ3) is 4.82. The maximum atomic E-state index is 11.6. The van der Waals surface area contributed by atoms with Crippen molar-refractivity contribution in [2.24, 2.45) is 0 Å². The van der Waals surface area contributed by atoms with Crippen LogP contribution in [0.25, 0.3) is 0 Å². The average molecular weight is 327 g/mol. The van der Waals surface area contributed by atoms with Crippen LogP contribution >= 0.6 is 38.9 Å². The molecule has 16 heavy (non-hydrogen) atoms. The van der Waals surface area contributed by atoms with Crippen LogP contribution in [0.15, 0.2) is 15.9 Å². The highest BCUT2D eigenvalue weighted by molar-refractivity contribution is 9.11. The summed E-state index contributed by atoms with van der Waals surface area (Å²) in [4.78, 5) is 12.3. The van der Waals surface area contributed by atoms with Gasteiger partial charge in [0.1, 0.15) is 0 Å². The van der Waals surface area contributed by atoms with Crippen LogP contribution in [0.3, 0.4) is 0 Å². The van der Waals surface area contributed by atoms with E-state index >= 15 is 0 Å². The van der Waals surface area contributed by atoms with Gasteiger partial charge in [-0.05, 0) is 34.5 Å². The Bertz CT molecular complexity index is 345. The molecule has 1 amide bonds. The zero-order valence-electron chi connectivity index (χ0n) is 8.83. The van der Waals surface area contributed by atoms with E-state index in [4.69, 9.17) is 16.3 Å². The number of hydrogen-bond acceptors (Lipinski definition) is 3. The Morgan fingerprint density at radius 3 is 3.00 bits per heavy atom. The van der Waals surface area contributed by atoms with Crippen molar-refractivity contribution in [2.45, 2.75) is 11.8 Å². The summed E-state index contributed by atoms with van der Waals surface area (Å²) >= 11 is 10.7. The van der Waals surface area contributed by atoms with Crippen molar-refractivity contribution in [3.8, 4) is 0 Å². The molecule has 0 aliphatic heterocycles. The number of carbonyl (C=O) groups excluding carboxylic acids is 1. The molecule has 1 aromatic heterocycles. The normalized spacial score (nSPS) is 12.4. The van der Waals surface area contributed by atoms with Crippen molar-refractivity contribution in [1.29, 1.82) is 0 Å². The number of ether oxygens (including phenoxy) is 1. The maximum Gasteiger partial charge on any atom is 0.261 e. The Kier molecular flexibility index (Phi) is 6.34. The Hall–Kier alpha value is -0.100. The summed E-state index contributed by atoms with van der Waals surface area (Å²) in [6, 6.07) is 3.65. The molecule has 0 saturated heterocycles. The Balaban J connectivity index is 2.25. The van der Waals surface area contributed by atoms with Crippen molar-refractivity contribution in [1.82, 2.24) is 5.32 Å². The molecule has 1 aromatic rings. The van der Waals surface area contributed by atoms with E-state index in [1.165, 1.54) is 11.3 Å². The minimum atomic E-state index is -0.0583. The molecular formula is C10H13BrClNO2S. The van der Waals surface area contributed by atoms with Gasteiger partial charge in [-0.1, -0.05) is 0 Å². The fourth-order valence-electron chi connectivity index (χ4n) is 1.13. The van der Waals surface area contributed by atoms with Gasteiger partial charge in [0.2, 0.25) is 0 Å². The van der Waals surface area contributed by atoms with Gasteiger partial charge in [-0.15, -0.1) is 22.9 Å². The highest BCUT2D eigenvalue weighted by Crippen LogP contribution is 2.21. The van der Waals surface area contributed by atoms with Gasteiger partial charge in [0.05, 0.1) is 20.6 Å². The number of thiophene rings is 1. The van der Waals surface area contributed by atoms with E-state index in [0.29, 0.717) is 24.4 Å². The molecule has 90 valence electrons. The first-order chi connectivity index (χ1) is 7.63. The van der Waals surface area contributed by atoms with Gasteiger partial charge >= 0.3 is 0 Å². The Morgan fingerprint density at radius 2 is 2.44 bits per heavy atom. The average Bonchev–Trinajstić information content (AvgIpc) is 2.65. The summed E-state index contributed by atoms with van der Waals surface area (Å²) in [7, 11) is 1.61. The highest BCUT2D eigenvalue weighted by Gasteiger charge is 2.09. The van der Waals surface area contributed by atoms with E-state index in [0.717, 1.165) is 3.79 Å². The first-order valence-corrected chi connectivity index (χ1v) is 6.84. The Morgan fingerprint density at radius 1 is 1.69 bits per heavy atom. The van der Waals surface area contributed by atoms with E-state index in [9.17, 15) is 4.79 Å². The molecule has 0 bridgehead atoms. The number of nitrogens with one attached hydrogen (secondary N) is 1. The molecule has 0 aliphatic carbocycles. The number of rotatable bonds is 6. The predicted octanol–water partition coefficient (Wildman–Crippen LogP) is 2.88. The number of halogens is 2. The first-order valence-electron chi connectivity index (χ1n) is 4.80. The molecular weight excluding hydrogens is 314 g/mol. The van der Waals surface area contributed by atoms with Crippen LogP contribution in [-0.4, -0.2) is 31.5 Å². The van der Waals surface area contributed by atoms with Gasteiger partial charge in [-0.25, -0.2) is 0 Å². The second kappa shape index (κ2) is 7.27. The van der Waals surface area contributed by atoms with E-state index in [1.807, 2.05) is 6.07 Å². The van der Waals surface area contributed by atoms with Crippen molar-refractivity contribution in [3.05, 3.63) is 20.8 Å². The number of methoxy groups -OCH3 is 1. The number of alkyl halides is 1. The van der Waals surface area contributed by atoms with Gasteiger partial charge in [-0.3, -0.25) is 4.79 Å². The summed E-state index contributed by atoms with van der Waals surface area (Å²) in [5.41, 5.74) is 0. The minimum absolute atomic E-state index is 0.0552. The molecule has 1 atom stereocenters. The van der Waals surface area contributed by atoms with Gasteiger partial charge < -0.3 is 10.1 Å². The van der Waals surface area contributed by atoms with Gasteiger partial charge in [0.15, 0.2) is 0 Å². The van der Waals surface area contributed by atoms with Crippen LogP contribution in [0.1, 0.15) is 16.1 Å². The second-order valence-electron chi connectivity index (χ2n) is 3.20. The molecule has 0 fully saturated rings. The standard InChI is InChI=1S/C10H13BrClNO2S/c1-15-6-7(12)4-5-13-10(14)8-2-3-9(11)16-8/h2-3,7H,4-6H2,1H3,(H,13,14). The number of hydrogen-bond donors (Lipinski definition) is 1. The molecule has 1 unspecified atom stereocenters. The van der Waals surface area contributed by atoms with Crippen LogP contribution in [0.4, 0.5) is 0 Å². The second-order valence-corrected chi connectivity index (χ2v) is 6.28. The van der Waals surface area contributed by atoms with E-state index < -0.39 is 0 Å². The van der Waals surface area contributed by atoms with Gasteiger partial charge in [-0.2, -0.15) is 0 Å². The third-order valence-corrected chi connectivity index (χ3v) is 3.85. The van der Waals surface area contributed by atoms with Crippen molar-refractivity contribution < 1.29 is 9.53 Å². The van der Waals surface area contributed by atoms with Crippen LogP contribution in [0.5, 0.6) is 0 Å². The topological polar surface area (TPSA) is 38.3 Å². The third-order valence-electron chi connectivity index (χ3n) is 1.89. The van der Waals surface area contributed by atoms with Gasteiger partial charge in [0, 0.05) is 13.7 Å². The smallest absolute Gasteiger partial charge is 0.261 e. The molecule has 0 radical (unpaired) electrons. The summed E-state index contributed by atoms with van der Waals surface area (Å²) in [6.45, 7) is 1.06. The fraction of sp³-hybridized carbons (Fsp3) is 0.500. The molecule has 0 saturated carbocycles. The SMILES string of the molecule is COCC(Cl)CCNC(=O)c1ccc(Br)s1. The molecule has 0 aromatic carbocycles. The molecule has 0 aliphatic rings. The summed E-state index contributed by atoms with van der Waals surface area (Å²) < 4.78 is 5.85. The lowest BCUT2D eigenvalue weighted by atomic mass is 10.3. The zero-order chi connectivity index (χ0) is 12.0. The summed E-state index contributed by atoms with van der Waals surface area (Å²) in [6.07, 6.45) is 0.702. The van der Waals surface area contributed by atoms with Crippen molar-refractivity contribution in [3.63, 3.8) is 0 Å². The van der Waals surface area contributed by atoms with Crippen molar-refractivity contribution >= 4 is 44.8 Å². The lowest BCUT2D eigenvalue weighted by Crippen LogP contribution is -2.26. The maximum absolute atomic E-state index is 11.6. The lowest BCUT2D eigenvalue weighted by Gasteiger charge is -2.08. The van der Waals surface area contributed by atoms with Crippen LogP contribution in [0.2, 0.25) is 0 Å². The monoisotopic (exact) mass is 325 g/mol. The van der Waals surface area contributed by atoms with Gasteiger partial charge in [0.25, 0.3) is 5.91 Å². The number of amides is 1. The first kappa shape index (κ1) is 14.0. The number of carbonyl (C=O) groups is 1. The van der Waals surface area contributed by atoms with Crippen LogP contribution in [-0.2, 0) is 4.74 Å². The molecule has 1 heterocycles. The highest BCUT2D eigenvalue weighted by atomic mass is 79.9. The Labute approximate surface area is 112 Å². The molecule has 6 heteroatoms. The van der Waals surface area contributed by atoms with E-state index in [2.05, 4.69) is 21.2 Å².